The second-order valence-electron chi connectivity index (χ2n) is 2.97. The summed E-state index contributed by atoms with van der Waals surface area (Å²) in [6, 6.07) is -0.642. The zero-order valence-corrected chi connectivity index (χ0v) is 9.61. The minimum absolute atomic E-state index is 0.138. The van der Waals surface area contributed by atoms with Gasteiger partial charge in [-0.05, 0) is 0 Å². The highest BCUT2D eigenvalue weighted by Crippen LogP contribution is 2.17. The van der Waals surface area contributed by atoms with Crippen LogP contribution in [0.15, 0.2) is 5.16 Å². The zero-order chi connectivity index (χ0) is 12.8. The third-order valence-corrected chi connectivity index (χ3v) is 2.66. The molecule has 0 saturated heterocycles. The number of carbonyl (C=O) groups is 2. The highest BCUT2D eigenvalue weighted by Gasteiger charge is 2.11. The number of primary amides is 1. The van der Waals surface area contributed by atoms with Gasteiger partial charge >= 0.3 is 12.0 Å². The van der Waals surface area contributed by atoms with Gasteiger partial charge in [-0.2, -0.15) is 0 Å². The smallest absolute Gasteiger partial charge is 0.313 e. The predicted molar refractivity (Wildman–Crippen MR) is 60.4 cm³/mol. The number of nitrogens with zero attached hydrogens (tertiary/aromatic N) is 3. The lowest BCUT2D eigenvalue weighted by Crippen LogP contribution is -2.32. The monoisotopic (exact) mass is 260 g/mol. The summed E-state index contributed by atoms with van der Waals surface area (Å²) in [4.78, 5) is 20.9. The number of rotatable bonds is 6. The molecule has 0 aliphatic carbocycles. The molecule has 2 amide bonds. The molecule has 0 unspecified atom stereocenters. The van der Waals surface area contributed by atoms with E-state index in [9.17, 15) is 9.59 Å². The number of hydrogen-bond donors (Lipinski definition) is 4. The zero-order valence-electron chi connectivity index (χ0n) is 8.79. The van der Waals surface area contributed by atoms with E-state index in [2.05, 4.69) is 15.5 Å². The quantitative estimate of drug-likeness (QED) is 0.464. The summed E-state index contributed by atoms with van der Waals surface area (Å²) in [7, 11) is 0. The number of carbonyl (C=O) groups excluding carboxylic acids is 1. The van der Waals surface area contributed by atoms with E-state index in [0.29, 0.717) is 11.7 Å². The van der Waals surface area contributed by atoms with Crippen molar-refractivity contribution in [1.29, 1.82) is 0 Å². The van der Waals surface area contributed by atoms with Gasteiger partial charge in [-0.1, -0.05) is 11.8 Å². The van der Waals surface area contributed by atoms with Gasteiger partial charge in [0.15, 0.2) is 5.16 Å². The number of aliphatic carboxylic acids is 1. The van der Waals surface area contributed by atoms with Crippen LogP contribution in [0, 0.1) is 0 Å². The minimum Gasteiger partial charge on any atom is -0.481 e. The lowest BCUT2D eigenvalue weighted by atomic mass is 10.6. The maximum atomic E-state index is 10.5. The number of thioether (sulfide) groups is 1. The van der Waals surface area contributed by atoms with Crippen molar-refractivity contribution in [2.45, 2.75) is 11.7 Å². The Balaban J connectivity index is 2.59. The summed E-state index contributed by atoms with van der Waals surface area (Å²) >= 11 is 1.00. The van der Waals surface area contributed by atoms with Crippen molar-refractivity contribution in [2.75, 3.05) is 18.0 Å². The first-order valence-electron chi connectivity index (χ1n) is 4.57. The van der Waals surface area contributed by atoms with Crippen molar-refractivity contribution in [3.63, 3.8) is 0 Å². The fraction of sp³-hybridized carbons (Fsp3) is 0.429. The number of carboxylic acid groups (broad SMARTS) is 1. The molecule has 1 rings (SSSR count). The molecule has 10 heteroatoms. The maximum Gasteiger partial charge on any atom is 0.313 e. The summed E-state index contributed by atoms with van der Waals surface area (Å²) in [5.41, 5.74) is 10.5. The van der Waals surface area contributed by atoms with E-state index in [0.717, 1.165) is 11.8 Å². The normalized spacial score (nSPS) is 10.1. The molecular formula is C7H12N6O3S. The van der Waals surface area contributed by atoms with E-state index in [4.69, 9.17) is 16.6 Å². The average Bonchev–Trinajstić information content (AvgIpc) is 2.57. The van der Waals surface area contributed by atoms with Crippen LogP contribution in [0.3, 0.4) is 0 Å². The fourth-order valence-electron chi connectivity index (χ4n) is 1.03. The number of anilines is 1. The summed E-state index contributed by atoms with van der Waals surface area (Å²) in [5, 5.41) is 18.7. The molecule has 0 fully saturated rings. The Bertz CT molecular complexity index is 420. The second-order valence-corrected chi connectivity index (χ2v) is 3.91. The van der Waals surface area contributed by atoms with Crippen LogP contribution in [-0.2, 0) is 11.3 Å². The summed E-state index contributed by atoms with van der Waals surface area (Å²) < 4.78 is 1.50. The van der Waals surface area contributed by atoms with E-state index in [-0.39, 0.29) is 18.2 Å². The Kier molecular flexibility index (Phi) is 4.57. The van der Waals surface area contributed by atoms with E-state index in [1.165, 1.54) is 4.57 Å². The van der Waals surface area contributed by atoms with Crippen molar-refractivity contribution >= 4 is 29.7 Å². The lowest BCUT2D eigenvalue weighted by molar-refractivity contribution is -0.133. The molecule has 1 aromatic rings. The third-order valence-electron chi connectivity index (χ3n) is 1.70. The topological polar surface area (TPSA) is 149 Å². The first-order valence-corrected chi connectivity index (χ1v) is 5.56. The Labute approximate surface area is 101 Å². The van der Waals surface area contributed by atoms with Crippen LogP contribution in [0.1, 0.15) is 0 Å². The maximum absolute atomic E-state index is 10.5. The number of nitrogens with one attached hydrogen (secondary N) is 1. The van der Waals surface area contributed by atoms with Gasteiger partial charge in [-0.15, -0.1) is 10.2 Å². The number of hydrogen-bond acceptors (Lipinski definition) is 6. The van der Waals surface area contributed by atoms with Crippen LogP contribution in [0.4, 0.5) is 10.7 Å². The Morgan fingerprint density at radius 1 is 1.47 bits per heavy atom. The van der Waals surface area contributed by atoms with Gasteiger partial charge < -0.3 is 21.9 Å². The van der Waals surface area contributed by atoms with Crippen molar-refractivity contribution in [3.05, 3.63) is 0 Å². The van der Waals surface area contributed by atoms with Crippen LogP contribution in [-0.4, -0.2) is 44.2 Å². The highest BCUT2D eigenvalue weighted by molar-refractivity contribution is 7.99. The predicted octanol–water partition coefficient (Wildman–Crippen LogP) is -1.29. The molecule has 0 atom stereocenters. The lowest BCUT2D eigenvalue weighted by Gasteiger charge is -2.07. The van der Waals surface area contributed by atoms with Crippen molar-refractivity contribution < 1.29 is 14.7 Å². The summed E-state index contributed by atoms with van der Waals surface area (Å²) in [5.74, 6) is -0.941. The number of nitrogen functional groups attached to an aromatic ring is 1. The van der Waals surface area contributed by atoms with Gasteiger partial charge in [-0.3, -0.25) is 9.36 Å². The average molecular weight is 260 g/mol. The molecule has 0 saturated carbocycles. The molecule has 6 N–H and O–H groups in total. The number of nitrogens with two attached hydrogens (primary N) is 2. The van der Waals surface area contributed by atoms with Crippen molar-refractivity contribution in [1.82, 2.24) is 20.1 Å². The van der Waals surface area contributed by atoms with Crippen molar-refractivity contribution in [3.8, 4) is 0 Å². The number of amides is 2. The van der Waals surface area contributed by atoms with Crippen molar-refractivity contribution in [2.24, 2.45) is 5.73 Å². The molecular weight excluding hydrogens is 248 g/mol. The van der Waals surface area contributed by atoms with Gasteiger partial charge in [0.2, 0.25) is 5.95 Å². The first kappa shape index (κ1) is 13.1. The molecule has 1 heterocycles. The molecule has 94 valence electrons. The molecule has 9 nitrogen and oxygen atoms in total. The van der Waals surface area contributed by atoms with Crippen LogP contribution in [0.2, 0.25) is 0 Å². The van der Waals surface area contributed by atoms with E-state index < -0.39 is 12.0 Å². The number of carboxylic acids is 1. The van der Waals surface area contributed by atoms with Gasteiger partial charge in [-0.25, -0.2) is 4.79 Å². The van der Waals surface area contributed by atoms with Gasteiger partial charge in [0, 0.05) is 13.1 Å². The van der Waals surface area contributed by atoms with Crippen LogP contribution in [0.25, 0.3) is 0 Å². The minimum atomic E-state index is -0.960. The molecule has 1 aromatic heterocycles. The largest absolute Gasteiger partial charge is 0.481 e. The number of aromatic nitrogens is 3. The molecule has 0 spiro atoms. The Morgan fingerprint density at radius 2 is 2.18 bits per heavy atom. The summed E-state index contributed by atoms with van der Waals surface area (Å²) in [6.07, 6.45) is 0. The number of urea groups is 1. The fourth-order valence-corrected chi connectivity index (χ4v) is 1.73. The highest BCUT2D eigenvalue weighted by atomic mass is 32.2. The van der Waals surface area contributed by atoms with Crippen LogP contribution < -0.4 is 16.8 Å². The summed E-state index contributed by atoms with van der Waals surface area (Å²) in [6.45, 7) is 0.585. The van der Waals surface area contributed by atoms with Gasteiger partial charge in [0.1, 0.15) is 0 Å². The standard InChI is InChI=1S/C7H12N6O3S/c8-5-11-12-7(17-3-4(14)15)13(5)2-1-10-6(9)16/h1-3H2,(H2,8,11)(H,14,15)(H3,9,10,16). The molecule has 0 bridgehead atoms. The van der Waals surface area contributed by atoms with Gasteiger partial charge in [0.25, 0.3) is 0 Å². The van der Waals surface area contributed by atoms with E-state index in [1.54, 1.807) is 0 Å². The Morgan fingerprint density at radius 3 is 2.76 bits per heavy atom. The van der Waals surface area contributed by atoms with E-state index >= 15 is 0 Å². The molecule has 0 aliphatic heterocycles. The second kappa shape index (κ2) is 5.94. The SMILES string of the molecule is NC(=O)NCCn1c(N)nnc1SCC(=O)O. The first-order chi connectivity index (χ1) is 8.00. The van der Waals surface area contributed by atoms with Crippen LogP contribution >= 0.6 is 11.8 Å². The molecule has 0 aromatic carbocycles. The third kappa shape index (κ3) is 4.18. The van der Waals surface area contributed by atoms with Gasteiger partial charge in [0.05, 0.1) is 5.75 Å². The van der Waals surface area contributed by atoms with E-state index in [1.807, 2.05) is 0 Å². The molecule has 0 radical (unpaired) electrons. The molecule has 17 heavy (non-hydrogen) atoms. The Hall–Kier alpha value is -1.97. The van der Waals surface area contributed by atoms with Crippen LogP contribution in [0.5, 0.6) is 0 Å². The molecule has 0 aliphatic rings.